The summed E-state index contributed by atoms with van der Waals surface area (Å²) in [4.78, 5) is 38.7. The predicted molar refractivity (Wildman–Crippen MR) is 99.1 cm³/mol. The zero-order valence-electron chi connectivity index (χ0n) is 14.8. The highest BCUT2D eigenvalue weighted by Crippen LogP contribution is 2.28. The Morgan fingerprint density at radius 1 is 1.15 bits per heavy atom. The van der Waals surface area contributed by atoms with E-state index in [1.807, 2.05) is 0 Å². The summed E-state index contributed by atoms with van der Waals surface area (Å²) in [5.41, 5.74) is 1.72. The van der Waals surface area contributed by atoms with Gasteiger partial charge in [0.1, 0.15) is 12.4 Å². The molecule has 140 valence electrons. The van der Waals surface area contributed by atoms with Crippen molar-refractivity contribution in [3.05, 3.63) is 54.3 Å². The number of halogens is 1. The summed E-state index contributed by atoms with van der Waals surface area (Å²) in [7, 11) is 1.72. The van der Waals surface area contributed by atoms with Gasteiger partial charge in [-0.2, -0.15) is 0 Å². The van der Waals surface area contributed by atoms with E-state index in [0.29, 0.717) is 22.0 Å². The molecule has 0 saturated heterocycles. The standard InChI is InChI=1S/C19H19FN4O3/c1-23(10-17(25)21-14-8-6-13(20)7-9-14)12-19(27)24-11-18(26)22-15-4-2-3-5-16(15)24/h2-9H,10-12H2,1H3,(H,21,25)(H,22,26)/p+1. The summed E-state index contributed by atoms with van der Waals surface area (Å²) in [5.74, 6) is -1.17. The van der Waals surface area contributed by atoms with Crippen LogP contribution in [0.1, 0.15) is 0 Å². The Bertz CT molecular complexity index is 870. The lowest BCUT2D eigenvalue weighted by atomic mass is 10.2. The summed E-state index contributed by atoms with van der Waals surface area (Å²) in [6.45, 7) is 0.0636. The molecule has 27 heavy (non-hydrogen) atoms. The van der Waals surface area contributed by atoms with E-state index < -0.39 is 0 Å². The van der Waals surface area contributed by atoms with E-state index >= 15 is 0 Å². The molecule has 3 rings (SSSR count). The van der Waals surface area contributed by atoms with Crippen LogP contribution in [0.4, 0.5) is 21.5 Å². The van der Waals surface area contributed by atoms with Crippen molar-refractivity contribution < 1.29 is 23.7 Å². The smallest absolute Gasteiger partial charge is 0.282 e. The van der Waals surface area contributed by atoms with Crippen LogP contribution in [-0.2, 0) is 14.4 Å². The number of para-hydroxylation sites is 2. The summed E-state index contributed by atoms with van der Waals surface area (Å²) in [6.07, 6.45) is 0. The number of nitrogens with one attached hydrogen (secondary N) is 3. The maximum Gasteiger partial charge on any atom is 0.282 e. The quantitative estimate of drug-likeness (QED) is 0.705. The number of carbonyl (C=O) groups excluding carboxylic acids is 3. The molecule has 1 heterocycles. The first kappa shape index (κ1) is 18.5. The van der Waals surface area contributed by atoms with E-state index in [0.717, 1.165) is 0 Å². The Kier molecular flexibility index (Phi) is 5.46. The molecule has 0 radical (unpaired) electrons. The first-order chi connectivity index (χ1) is 12.9. The summed E-state index contributed by atoms with van der Waals surface area (Å²) < 4.78 is 12.9. The molecule has 2 aromatic rings. The van der Waals surface area contributed by atoms with Gasteiger partial charge < -0.3 is 15.5 Å². The summed E-state index contributed by atoms with van der Waals surface area (Å²) in [6, 6.07) is 12.5. The van der Waals surface area contributed by atoms with Crippen molar-refractivity contribution in [3.63, 3.8) is 0 Å². The second-order valence-electron chi connectivity index (χ2n) is 6.41. The van der Waals surface area contributed by atoms with Crippen LogP contribution in [0.15, 0.2) is 48.5 Å². The maximum absolute atomic E-state index is 12.9. The van der Waals surface area contributed by atoms with Crippen molar-refractivity contribution in [2.45, 2.75) is 0 Å². The third kappa shape index (κ3) is 4.68. The third-order valence-electron chi connectivity index (χ3n) is 4.12. The Hall–Kier alpha value is -3.26. The van der Waals surface area contributed by atoms with Crippen molar-refractivity contribution in [1.82, 2.24) is 0 Å². The number of quaternary nitrogens is 1. The molecule has 1 atom stereocenters. The van der Waals surface area contributed by atoms with Crippen LogP contribution in [-0.4, -0.2) is 44.4 Å². The minimum atomic E-state index is -0.382. The van der Waals surface area contributed by atoms with Crippen LogP contribution in [0.2, 0.25) is 0 Å². The SMILES string of the molecule is C[NH+](CC(=O)Nc1ccc(F)cc1)CC(=O)N1CC(=O)Nc2ccccc21. The fourth-order valence-electron chi connectivity index (χ4n) is 2.88. The van der Waals surface area contributed by atoms with Crippen LogP contribution in [0.3, 0.4) is 0 Å². The lowest BCUT2D eigenvalue weighted by molar-refractivity contribution is -0.862. The molecule has 1 aliphatic rings. The van der Waals surface area contributed by atoms with Crippen LogP contribution < -0.4 is 20.4 Å². The van der Waals surface area contributed by atoms with Crippen LogP contribution >= 0.6 is 0 Å². The molecule has 7 nitrogen and oxygen atoms in total. The van der Waals surface area contributed by atoms with Gasteiger partial charge in [-0.05, 0) is 36.4 Å². The molecular weight excluding hydrogens is 351 g/mol. The minimum absolute atomic E-state index is 0.0507. The molecule has 1 aliphatic heterocycles. The number of hydrogen-bond acceptors (Lipinski definition) is 3. The van der Waals surface area contributed by atoms with Gasteiger partial charge in [-0.25, -0.2) is 4.39 Å². The van der Waals surface area contributed by atoms with Crippen LogP contribution in [0, 0.1) is 5.82 Å². The lowest BCUT2D eigenvalue weighted by Gasteiger charge is -2.29. The van der Waals surface area contributed by atoms with Gasteiger partial charge in [-0.1, -0.05) is 12.1 Å². The highest BCUT2D eigenvalue weighted by atomic mass is 19.1. The Morgan fingerprint density at radius 2 is 1.85 bits per heavy atom. The second-order valence-corrected chi connectivity index (χ2v) is 6.41. The molecule has 0 spiro atoms. The fourth-order valence-corrected chi connectivity index (χ4v) is 2.88. The molecule has 8 heteroatoms. The molecule has 0 fully saturated rings. The summed E-state index contributed by atoms with van der Waals surface area (Å²) >= 11 is 0. The number of amides is 3. The van der Waals surface area contributed by atoms with Crippen LogP contribution in [0.5, 0.6) is 0 Å². The van der Waals surface area contributed by atoms with Crippen molar-refractivity contribution in [2.75, 3.05) is 42.2 Å². The van der Waals surface area contributed by atoms with Gasteiger partial charge in [0.25, 0.3) is 11.8 Å². The zero-order chi connectivity index (χ0) is 19.4. The van der Waals surface area contributed by atoms with Gasteiger partial charge in [0, 0.05) is 5.69 Å². The van der Waals surface area contributed by atoms with E-state index in [-0.39, 0.29) is 43.2 Å². The number of benzene rings is 2. The second kappa shape index (κ2) is 7.96. The van der Waals surface area contributed by atoms with Gasteiger partial charge in [0.15, 0.2) is 13.1 Å². The van der Waals surface area contributed by atoms with Crippen molar-refractivity contribution >= 4 is 34.8 Å². The first-order valence-electron chi connectivity index (χ1n) is 8.48. The summed E-state index contributed by atoms with van der Waals surface area (Å²) in [5, 5.41) is 5.39. The van der Waals surface area contributed by atoms with Crippen molar-refractivity contribution in [1.29, 1.82) is 0 Å². The van der Waals surface area contributed by atoms with Crippen LogP contribution in [0.25, 0.3) is 0 Å². The fraction of sp³-hybridized carbons (Fsp3) is 0.211. The van der Waals surface area contributed by atoms with Crippen molar-refractivity contribution in [2.24, 2.45) is 0 Å². The molecule has 0 aromatic heterocycles. The van der Waals surface area contributed by atoms with E-state index in [1.165, 1.54) is 29.2 Å². The topological polar surface area (TPSA) is 83.0 Å². The average molecular weight is 371 g/mol. The van der Waals surface area contributed by atoms with Gasteiger partial charge in [0.2, 0.25) is 5.91 Å². The van der Waals surface area contributed by atoms with E-state index in [4.69, 9.17) is 0 Å². The normalized spacial score (nSPS) is 14.1. The van der Waals surface area contributed by atoms with Gasteiger partial charge >= 0.3 is 0 Å². The van der Waals surface area contributed by atoms with E-state index in [9.17, 15) is 18.8 Å². The number of rotatable bonds is 5. The molecule has 3 amide bonds. The Labute approximate surface area is 155 Å². The number of carbonyl (C=O) groups is 3. The van der Waals surface area contributed by atoms with E-state index in [1.54, 1.807) is 31.3 Å². The molecule has 0 bridgehead atoms. The van der Waals surface area contributed by atoms with Gasteiger partial charge in [0.05, 0.1) is 18.4 Å². The molecule has 1 unspecified atom stereocenters. The van der Waals surface area contributed by atoms with Gasteiger partial charge in [-0.3, -0.25) is 19.3 Å². The maximum atomic E-state index is 12.9. The zero-order valence-corrected chi connectivity index (χ0v) is 14.8. The highest BCUT2D eigenvalue weighted by Gasteiger charge is 2.28. The average Bonchev–Trinajstić information content (AvgIpc) is 2.62. The number of fused-ring (bicyclic) bond motifs is 1. The molecule has 3 N–H and O–H groups in total. The number of nitrogens with zero attached hydrogens (tertiary/aromatic N) is 1. The van der Waals surface area contributed by atoms with Gasteiger partial charge in [-0.15, -0.1) is 0 Å². The Balaban J connectivity index is 1.58. The molecule has 0 aliphatic carbocycles. The molecule has 2 aromatic carbocycles. The minimum Gasteiger partial charge on any atom is -0.323 e. The first-order valence-corrected chi connectivity index (χ1v) is 8.48. The third-order valence-corrected chi connectivity index (χ3v) is 4.12. The number of anilines is 3. The van der Waals surface area contributed by atoms with E-state index in [2.05, 4.69) is 10.6 Å². The highest BCUT2D eigenvalue weighted by molar-refractivity contribution is 6.10. The number of hydrogen-bond donors (Lipinski definition) is 3. The monoisotopic (exact) mass is 371 g/mol. The molecular formula is C19H20FN4O3+. The molecule has 0 saturated carbocycles. The number of likely N-dealkylation sites (N-methyl/N-ethyl adjacent to an activating group) is 1. The predicted octanol–water partition coefficient (Wildman–Crippen LogP) is 0.264. The largest absolute Gasteiger partial charge is 0.323 e. The Morgan fingerprint density at radius 3 is 2.59 bits per heavy atom. The van der Waals surface area contributed by atoms with Crippen molar-refractivity contribution in [3.8, 4) is 0 Å². The lowest BCUT2D eigenvalue weighted by Crippen LogP contribution is -3.11.